The quantitative estimate of drug-likeness (QED) is 0.787. The van der Waals surface area contributed by atoms with Crippen LogP contribution in [-0.2, 0) is 6.54 Å². The molecular weight excluding hydrogens is 204 g/mol. The van der Waals surface area contributed by atoms with E-state index in [0.717, 1.165) is 12.2 Å². The second kappa shape index (κ2) is 4.55. The molecule has 0 radical (unpaired) electrons. The van der Waals surface area contributed by atoms with Gasteiger partial charge in [-0.15, -0.1) is 11.3 Å². The molecule has 0 atom stereocenters. The highest BCUT2D eigenvalue weighted by molar-refractivity contribution is 7.09. The van der Waals surface area contributed by atoms with E-state index >= 15 is 0 Å². The summed E-state index contributed by atoms with van der Waals surface area (Å²) >= 11 is 1.72. The predicted octanol–water partition coefficient (Wildman–Crippen LogP) is 2.87. The molecule has 0 fully saturated rings. The van der Waals surface area contributed by atoms with Gasteiger partial charge in [-0.25, -0.2) is 4.98 Å². The number of benzene rings is 1. The molecule has 78 valence electrons. The molecule has 0 amide bonds. The van der Waals surface area contributed by atoms with E-state index in [1.807, 2.05) is 18.2 Å². The fraction of sp³-hybridized carbons (Fsp3) is 0.250. The van der Waals surface area contributed by atoms with Gasteiger partial charge in [-0.05, 0) is 14.1 Å². The van der Waals surface area contributed by atoms with Gasteiger partial charge in [-0.1, -0.05) is 30.3 Å². The number of rotatable bonds is 3. The molecular formula is C12H14N2S. The van der Waals surface area contributed by atoms with E-state index < -0.39 is 0 Å². The second-order valence-electron chi connectivity index (χ2n) is 3.73. The van der Waals surface area contributed by atoms with E-state index in [0.29, 0.717) is 0 Å². The van der Waals surface area contributed by atoms with Gasteiger partial charge >= 0.3 is 0 Å². The molecule has 1 aromatic carbocycles. The van der Waals surface area contributed by atoms with Crippen LogP contribution in [0, 0.1) is 0 Å². The lowest BCUT2D eigenvalue weighted by Crippen LogP contribution is -2.10. The van der Waals surface area contributed by atoms with E-state index in [-0.39, 0.29) is 0 Å². The molecule has 2 nitrogen and oxygen atoms in total. The van der Waals surface area contributed by atoms with Crippen molar-refractivity contribution in [2.45, 2.75) is 6.54 Å². The summed E-state index contributed by atoms with van der Waals surface area (Å²) in [6.45, 7) is 0.914. The van der Waals surface area contributed by atoms with Crippen LogP contribution >= 0.6 is 11.3 Å². The minimum absolute atomic E-state index is 0.914. The van der Waals surface area contributed by atoms with Crippen LogP contribution in [0.4, 0.5) is 0 Å². The molecule has 0 aliphatic carbocycles. The summed E-state index contributed by atoms with van der Waals surface area (Å²) in [6.07, 6.45) is 0. The van der Waals surface area contributed by atoms with Crippen molar-refractivity contribution in [2.75, 3.05) is 14.1 Å². The monoisotopic (exact) mass is 218 g/mol. The van der Waals surface area contributed by atoms with Gasteiger partial charge in [0.05, 0.1) is 5.69 Å². The van der Waals surface area contributed by atoms with Crippen molar-refractivity contribution >= 4 is 11.3 Å². The molecule has 0 bridgehead atoms. The van der Waals surface area contributed by atoms with E-state index in [9.17, 15) is 0 Å². The van der Waals surface area contributed by atoms with Crippen molar-refractivity contribution in [1.29, 1.82) is 0 Å². The molecule has 1 aromatic heterocycles. The Bertz CT molecular complexity index is 420. The first-order valence-corrected chi connectivity index (χ1v) is 5.78. The van der Waals surface area contributed by atoms with Crippen molar-refractivity contribution in [3.05, 3.63) is 40.7 Å². The SMILES string of the molecule is CN(C)Cc1nc(-c2ccccc2)cs1. The van der Waals surface area contributed by atoms with E-state index in [4.69, 9.17) is 0 Å². The number of hydrogen-bond acceptors (Lipinski definition) is 3. The van der Waals surface area contributed by atoms with Crippen LogP contribution in [0.1, 0.15) is 5.01 Å². The van der Waals surface area contributed by atoms with Crippen LogP contribution in [0.5, 0.6) is 0 Å². The number of hydrogen-bond donors (Lipinski definition) is 0. The Kier molecular flexibility index (Phi) is 3.14. The summed E-state index contributed by atoms with van der Waals surface area (Å²) in [6, 6.07) is 10.3. The van der Waals surface area contributed by atoms with Gasteiger partial charge in [0.1, 0.15) is 5.01 Å². The average molecular weight is 218 g/mol. The first-order valence-electron chi connectivity index (χ1n) is 4.90. The molecule has 2 aromatic rings. The summed E-state index contributed by atoms with van der Waals surface area (Å²) in [5.74, 6) is 0. The molecule has 3 heteroatoms. The Morgan fingerprint density at radius 2 is 1.93 bits per heavy atom. The molecule has 1 heterocycles. The van der Waals surface area contributed by atoms with Gasteiger partial charge in [0.15, 0.2) is 0 Å². The molecule has 0 aliphatic rings. The zero-order valence-corrected chi connectivity index (χ0v) is 9.79. The zero-order chi connectivity index (χ0) is 10.7. The van der Waals surface area contributed by atoms with Gasteiger partial charge in [0.25, 0.3) is 0 Å². The summed E-state index contributed by atoms with van der Waals surface area (Å²) in [4.78, 5) is 6.73. The lowest BCUT2D eigenvalue weighted by atomic mass is 10.2. The maximum absolute atomic E-state index is 4.60. The Labute approximate surface area is 94.2 Å². The van der Waals surface area contributed by atoms with Crippen molar-refractivity contribution in [1.82, 2.24) is 9.88 Å². The Balaban J connectivity index is 2.21. The molecule has 0 N–H and O–H groups in total. The summed E-state index contributed by atoms with van der Waals surface area (Å²) < 4.78 is 0. The highest BCUT2D eigenvalue weighted by atomic mass is 32.1. The number of thiazole rings is 1. The highest BCUT2D eigenvalue weighted by Gasteiger charge is 2.04. The highest BCUT2D eigenvalue weighted by Crippen LogP contribution is 2.21. The van der Waals surface area contributed by atoms with Gasteiger partial charge in [-0.2, -0.15) is 0 Å². The molecule has 0 unspecified atom stereocenters. The molecule has 0 saturated carbocycles. The van der Waals surface area contributed by atoms with E-state index in [2.05, 4.69) is 41.5 Å². The van der Waals surface area contributed by atoms with Crippen molar-refractivity contribution in [3.8, 4) is 11.3 Å². The van der Waals surface area contributed by atoms with Crippen molar-refractivity contribution < 1.29 is 0 Å². The topological polar surface area (TPSA) is 16.1 Å². The largest absolute Gasteiger partial charge is 0.303 e. The van der Waals surface area contributed by atoms with Crippen LogP contribution in [0.15, 0.2) is 35.7 Å². The lowest BCUT2D eigenvalue weighted by molar-refractivity contribution is 0.402. The van der Waals surface area contributed by atoms with Crippen LogP contribution in [0.3, 0.4) is 0 Å². The minimum atomic E-state index is 0.914. The standard InChI is InChI=1S/C12H14N2S/c1-14(2)8-12-13-11(9-15-12)10-6-4-3-5-7-10/h3-7,9H,8H2,1-2H3. The van der Waals surface area contributed by atoms with Gasteiger partial charge < -0.3 is 4.90 Å². The maximum Gasteiger partial charge on any atom is 0.107 e. The van der Waals surface area contributed by atoms with Gasteiger partial charge in [0, 0.05) is 17.5 Å². The predicted molar refractivity (Wildman–Crippen MR) is 64.9 cm³/mol. The smallest absolute Gasteiger partial charge is 0.107 e. The van der Waals surface area contributed by atoms with Gasteiger partial charge in [-0.3, -0.25) is 0 Å². The third-order valence-corrected chi connectivity index (χ3v) is 2.91. The Morgan fingerprint density at radius 3 is 2.60 bits per heavy atom. The normalized spacial score (nSPS) is 10.9. The summed E-state index contributed by atoms with van der Waals surface area (Å²) in [5, 5.41) is 3.28. The van der Waals surface area contributed by atoms with Crippen LogP contribution in [0.2, 0.25) is 0 Å². The van der Waals surface area contributed by atoms with Crippen LogP contribution < -0.4 is 0 Å². The third-order valence-electron chi connectivity index (χ3n) is 2.07. The average Bonchev–Trinajstić information content (AvgIpc) is 2.67. The molecule has 2 rings (SSSR count). The molecule has 15 heavy (non-hydrogen) atoms. The first kappa shape index (κ1) is 10.3. The fourth-order valence-electron chi connectivity index (χ4n) is 1.40. The maximum atomic E-state index is 4.60. The van der Waals surface area contributed by atoms with E-state index in [1.165, 1.54) is 10.6 Å². The first-order chi connectivity index (χ1) is 7.25. The molecule has 0 aliphatic heterocycles. The van der Waals surface area contributed by atoms with Crippen LogP contribution in [-0.4, -0.2) is 24.0 Å². The summed E-state index contributed by atoms with van der Waals surface area (Å²) in [5.41, 5.74) is 2.27. The van der Waals surface area contributed by atoms with E-state index in [1.54, 1.807) is 11.3 Å². The molecule has 0 spiro atoms. The lowest BCUT2D eigenvalue weighted by Gasteiger charge is -2.04. The Morgan fingerprint density at radius 1 is 1.20 bits per heavy atom. The minimum Gasteiger partial charge on any atom is -0.303 e. The second-order valence-corrected chi connectivity index (χ2v) is 4.67. The van der Waals surface area contributed by atoms with Gasteiger partial charge in [0.2, 0.25) is 0 Å². The van der Waals surface area contributed by atoms with Crippen LogP contribution in [0.25, 0.3) is 11.3 Å². The summed E-state index contributed by atoms with van der Waals surface area (Å²) in [7, 11) is 4.12. The Hall–Kier alpha value is -1.19. The number of aromatic nitrogens is 1. The van der Waals surface area contributed by atoms with Crippen molar-refractivity contribution in [3.63, 3.8) is 0 Å². The molecule has 0 saturated heterocycles. The zero-order valence-electron chi connectivity index (χ0n) is 8.97. The number of nitrogens with zero attached hydrogens (tertiary/aromatic N) is 2. The third kappa shape index (κ3) is 2.64. The fourth-order valence-corrected chi connectivity index (χ4v) is 2.32. The van der Waals surface area contributed by atoms with Crippen molar-refractivity contribution in [2.24, 2.45) is 0 Å².